The summed E-state index contributed by atoms with van der Waals surface area (Å²) >= 11 is 7.79. The van der Waals surface area contributed by atoms with Gasteiger partial charge < -0.3 is 15.7 Å². The van der Waals surface area contributed by atoms with Crippen LogP contribution in [0.25, 0.3) is 5.69 Å². The highest BCUT2D eigenvalue weighted by molar-refractivity contribution is 7.15. The van der Waals surface area contributed by atoms with Gasteiger partial charge in [0.2, 0.25) is 0 Å². The molecule has 2 aromatic heterocycles. The second-order valence-electron chi connectivity index (χ2n) is 7.80. The molecular weight excluding hydrogens is 450 g/mol. The molecule has 4 rings (SSSR count). The molecule has 1 saturated carbocycles. The van der Waals surface area contributed by atoms with E-state index in [-0.39, 0.29) is 30.5 Å². The lowest BCUT2D eigenvalue weighted by Crippen LogP contribution is -2.30. The Morgan fingerprint density at radius 1 is 1.41 bits per heavy atom. The minimum atomic E-state index is -0.372. The van der Waals surface area contributed by atoms with E-state index in [4.69, 9.17) is 11.6 Å². The first-order valence-corrected chi connectivity index (χ1v) is 11.4. The highest BCUT2D eigenvalue weighted by Crippen LogP contribution is 2.57. The molecule has 32 heavy (non-hydrogen) atoms. The van der Waals surface area contributed by atoms with E-state index >= 15 is 0 Å². The average Bonchev–Trinajstić information content (AvgIpc) is 3.20. The van der Waals surface area contributed by atoms with Crippen molar-refractivity contribution in [2.24, 2.45) is 10.4 Å². The molecule has 3 aromatic rings. The van der Waals surface area contributed by atoms with Crippen LogP contribution in [0.3, 0.4) is 0 Å². The van der Waals surface area contributed by atoms with Crippen LogP contribution in [0, 0.1) is 12.3 Å². The number of amides is 2. The van der Waals surface area contributed by atoms with Crippen molar-refractivity contribution in [2.75, 3.05) is 18.5 Å². The summed E-state index contributed by atoms with van der Waals surface area (Å²) in [6, 6.07) is 4.72. The maximum absolute atomic E-state index is 12.2. The number of aromatic nitrogens is 4. The molecule has 3 N–H and O–H groups in total. The van der Waals surface area contributed by atoms with Gasteiger partial charge in [0.1, 0.15) is 10.7 Å². The van der Waals surface area contributed by atoms with Gasteiger partial charge in [-0.2, -0.15) is 15.0 Å². The van der Waals surface area contributed by atoms with Crippen LogP contribution in [-0.2, 0) is 0 Å². The van der Waals surface area contributed by atoms with Gasteiger partial charge in [-0.3, -0.25) is 0 Å². The van der Waals surface area contributed by atoms with Crippen molar-refractivity contribution in [3.05, 3.63) is 46.3 Å². The van der Waals surface area contributed by atoms with Crippen LogP contribution in [0.5, 0.6) is 0 Å². The third kappa shape index (κ3) is 4.82. The van der Waals surface area contributed by atoms with E-state index in [0.29, 0.717) is 16.4 Å². The van der Waals surface area contributed by atoms with Gasteiger partial charge in [0.25, 0.3) is 0 Å². The number of thiazole rings is 1. The Bertz CT molecular complexity index is 1130. The lowest BCUT2D eigenvalue weighted by molar-refractivity contribution is 0.190. The number of carbonyl (C=O) groups excluding carboxylic acids is 1. The van der Waals surface area contributed by atoms with E-state index in [1.165, 1.54) is 16.1 Å². The van der Waals surface area contributed by atoms with E-state index in [1.807, 2.05) is 6.92 Å². The minimum Gasteiger partial charge on any atom is -0.396 e. The number of nitrogens with one attached hydrogen (secondary N) is 2. The van der Waals surface area contributed by atoms with E-state index in [9.17, 15) is 9.90 Å². The van der Waals surface area contributed by atoms with E-state index in [2.05, 4.69) is 37.7 Å². The highest BCUT2D eigenvalue weighted by Gasteiger charge is 2.48. The van der Waals surface area contributed by atoms with Gasteiger partial charge >= 0.3 is 6.03 Å². The molecule has 2 amide bonds. The summed E-state index contributed by atoms with van der Waals surface area (Å²) in [6.45, 7) is 4.47. The van der Waals surface area contributed by atoms with Gasteiger partial charge in [0.05, 0.1) is 34.7 Å². The zero-order valence-corrected chi connectivity index (χ0v) is 19.3. The summed E-state index contributed by atoms with van der Waals surface area (Å²) in [5.74, 6) is 0.144. The summed E-state index contributed by atoms with van der Waals surface area (Å²) in [6.07, 6.45) is 6.79. The number of hydrogen-bond donors (Lipinski definition) is 3. The van der Waals surface area contributed by atoms with Crippen LogP contribution < -0.4 is 10.6 Å². The Labute approximate surface area is 194 Å². The Balaban J connectivity index is 1.32. The molecular formula is C21H24ClN7O2S. The van der Waals surface area contributed by atoms with Crippen LogP contribution in [0.1, 0.15) is 36.4 Å². The molecule has 1 aliphatic rings. The summed E-state index contributed by atoms with van der Waals surface area (Å²) < 4.78 is 0. The number of benzene rings is 1. The molecule has 1 atom stereocenters. The van der Waals surface area contributed by atoms with E-state index < -0.39 is 0 Å². The fourth-order valence-electron chi connectivity index (χ4n) is 3.51. The number of halogens is 1. The zero-order valence-electron chi connectivity index (χ0n) is 17.7. The van der Waals surface area contributed by atoms with Crippen molar-refractivity contribution < 1.29 is 9.90 Å². The largest absolute Gasteiger partial charge is 0.396 e. The summed E-state index contributed by atoms with van der Waals surface area (Å²) in [5, 5.41) is 25.5. The number of rotatable bonds is 8. The Morgan fingerprint density at radius 3 is 2.81 bits per heavy atom. The number of aliphatic hydroxyl groups is 1. The maximum Gasteiger partial charge on any atom is 0.319 e. The third-order valence-electron chi connectivity index (χ3n) is 5.68. The monoisotopic (exact) mass is 473 g/mol. The lowest BCUT2D eigenvalue weighted by Gasteiger charge is -2.19. The second kappa shape index (κ2) is 9.35. The normalized spacial score (nSPS) is 15.6. The van der Waals surface area contributed by atoms with Gasteiger partial charge in [-0.1, -0.05) is 29.9 Å². The third-order valence-corrected chi connectivity index (χ3v) is 6.88. The fourth-order valence-corrected chi connectivity index (χ4v) is 4.65. The Morgan fingerprint density at radius 2 is 2.16 bits per heavy atom. The number of urea groups is 1. The standard InChI is InChI=1S/C21H24ClN7O2S/c1-13(21(12-30)5-6-21)18-19(32-14(2)27-18)23-7-8-24-20(31)28-15-3-4-17(16(22)11-15)29-25-9-10-26-29/h3-4,7,9-11,13,30H,5-6,8,12H2,1-2H3,(H2,24,28,31)/b23-7-. The number of carbonyl (C=O) groups is 1. The topological polar surface area (TPSA) is 117 Å². The Kier molecular flexibility index (Phi) is 6.54. The quantitative estimate of drug-likeness (QED) is 0.426. The van der Waals surface area contributed by atoms with Crippen molar-refractivity contribution in [2.45, 2.75) is 32.6 Å². The summed E-state index contributed by atoms with van der Waals surface area (Å²) in [7, 11) is 0. The van der Waals surface area contributed by atoms with Gasteiger partial charge in [-0.15, -0.1) is 0 Å². The van der Waals surface area contributed by atoms with E-state index in [1.54, 1.807) is 36.8 Å². The molecule has 0 saturated heterocycles. The first kappa shape index (κ1) is 22.4. The van der Waals surface area contributed by atoms with Gasteiger partial charge in [-0.25, -0.2) is 14.8 Å². The SMILES string of the molecule is Cc1nc(C(C)C2(CO)CC2)c(/N=C\CNC(=O)Nc2ccc(-n3nccn3)c(Cl)c2)s1. The fraction of sp³-hybridized carbons (Fsp3) is 0.381. The minimum absolute atomic E-state index is 0.0623. The number of aliphatic hydroxyl groups excluding tert-OH is 1. The van der Waals surface area contributed by atoms with Crippen LogP contribution in [0.4, 0.5) is 15.5 Å². The first-order valence-electron chi connectivity index (χ1n) is 10.2. The number of anilines is 1. The first-order chi connectivity index (χ1) is 15.4. The molecule has 1 aromatic carbocycles. The summed E-state index contributed by atoms with van der Waals surface area (Å²) in [5.41, 5.74) is 2.02. The molecule has 0 aliphatic heterocycles. The second-order valence-corrected chi connectivity index (χ2v) is 9.39. The van der Waals surface area contributed by atoms with Crippen molar-refractivity contribution >= 4 is 45.9 Å². The van der Waals surface area contributed by atoms with Gasteiger partial charge in [0, 0.05) is 29.8 Å². The summed E-state index contributed by atoms with van der Waals surface area (Å²) in [4.78, 5) is 22.8. The molecule has 1 unspecified atom stereocenters. The van der Waals surface area contributed by atoms with Crippen LogP contribution in [-0.4, -0.2) is 50.5 Å². The highest BCUT2D eigenvalue weighted by atomic mass is 35.5. The van der Waals surface area contributed by atoms with E-state index in [0.717, 1.165) is 28.5 Å². The van der Waals surface area contributed by atoms with Crippen molar-refractivity contribution in [3.63, 3.8) is 0 Å². The number of hydrogen-bond acceptors (Lipinski definition) is 7. The number of nitrogens with zero attached hydrogens (tertiary/aromatic N) is 5. The number of aliphatic imine (C=N–C) groups is 1. The van der Waals surface area contributed by atoms with Crippen molar-refractivity contribution in [1.29, 1.82) is 0 Å². The molecule has 0 radical (unpaired) electrons. The van der Waals surface area contributed by atoms with Crippen molar-refractivity contribution in [3.8, 4) is 5.69 Å². The maximum atomic E-state index is 12.2. The molecule has 11 heteroatoms. The average molecular weight is 474 g/mol. The van der Waals surface area contributed by atoms with Crippen LogP contribution >= 0.6 is 22.9 Å². The lowest BCUT2D eigenvalue weighted by atomic mass is 9.89. The predicted octanol–water partition coefficient (Wildman–Crippen LogP) is 4.09. The molecule has 168 valence electrons. The van der Waals surface area contributed by atoms with Gasteiger partial charge in [0.15, 0.2) is 0 Å². The molecule has 1 fully saturated rings. The molecule has 0 spiro atoms. The molecule has 0 bridgehead atoms. The molecule has 1 aliphatic carbocycles. The van der Waals surface area contributed by atoms with Crippen molar-refractivity contribution in [1.82, 2.24) is 25.3 Å². The van der Waals surface area contributed by atoms with Gasteiger partial charge in [-0.05, 0) is 38.0 Å². The molecule has 9 nitrogen and oxygen atoms in total. The zero-order chi connectivity index (χ0) is 22.7. The van der Waals surface area contributed by atoms with Crippen LogP contribution in [0.2, 0.25) is 5.02 Å². The number of aryl methyl sites for hydroxylation is 1. The molecule has 2 heterocycles. The predicted molar refractivity (Wildman–Crippen MR) is 126 cm³/mol. The Hall–Kier alpha value is -2.82. The smallest absolute Gasteiger partial charge is 0.319 e. The van der Waals surface area contributed by atoms with Crippen LogP contribution in [0.15, 0.2) is 35.6 Å².